The number of esters is 1. The van der Waals surface area contributed by atoms with Gasteiger partial charge in [0.1, 0.15) is 11.6 Å². The molecule has 21 heavy (non-hydrogen) atoms. The van der Waals surface area contributed by atoms with Crippen LogP contribution in [0.4, 0.5) is 5.82 Å². The largest absolute Gasteiger partial charge is 0.496 e. The molecule has 0 fully saturated rings. The van der Waals surface area contributed by atoms with Gasteiger partial charge in [-0.05, 0) is 18.1 Å². The highest BCUT2D eigenvalue weighted by Gasteiger charge is 2.07. The smallest absolute Gasteiger partial charge is 0.358 e. The van der Waals surface area contributed by atoms with Crippen LogP contribution in [0.15, 0.2) is 36.7 Å². The van der Waals surface area contributed by atoms with E-state index in [0.717, 1.165) is 17.7 Å². The van der Waals surface area contributed by atoms with Crippen molar-refractivity contribution < 1.29 is 14.3 Å². The fraction of sp³-hybridized carbons (Fsp3) is 0.267. The zero-order valence-corrected chi connectivity index (χ0v) is 12.0. The Balaban J connectivity index is 1.90. The van der Waals surface area contributed by atoms with E-state index in [1.807, 2.05) is 24.3 Å². The zero-order chi connectivity index (χ0) is 15.1. The van der Waals surface area contributed by atoms with Gasteiger partial charge in [-0.1, -0.05) is 18.2 Å². The van der Waals surface area contributed by atoms with E-state index in [2.05, 4.69) is 20.0 Å². The highest BCUT2D eigenvalue weighted by atomic mass is 16.5. The number of anilines is 1. The van der Waals surface area contributed by atoms with Crippen LogP contribution in [0.5, 0.6) is 5.75 Å². The van der Waals surface area contributed by atoms with E-state index < -0.39 is 5.97 Å². The highest BCUT2D eigenvalue weighted by Crippen LogP contribution is 2.17. The molecule has 0 radical (unpaired) electrons. The summed E-state index contributed by atoms with van der Waals surface area (Å²) in [7, 11) is 2.96. The first-order chi connectivity index (χ1) is 10.2. The minimum Gasteiger partial charge on any atom is -0.496 e. The van der Waals surface area contributed by atoms with Crippen LogP contribution < -0.4 is 10.1 Å². The molecule has 1 aromatic carbocycles. The normalized spacial score (nSPS) is 10.0. The third-order valence-electron chi connectivity index (χ3n) is 2.94. The van der Waals surface area contributed by atoms with E-state index in [1.54, 1.807) is 7.11 Å². The van der Waals surface area contributed by atoms with Crippen LogP contribution in [0, 0.1) is 0 Å². The van der Waals surface area contributed by atoms with Gasteiger partial charge in [0.05, 0.1) is 26.6 Å². The molecule has 1 N–H and O–H groups in total. The Labute approximate surface area is 123 Å². The minimum absolute atomic E-state index is 0.188. The van der Waals surface area contributed by atoms with Crippen LogP contribution in [0.3, 0.4) is 0 Å². The first-order valence-electron chi connectivity index (χ1n) is 6.50. The van der Waals surface area contributed by atoms with Crippen molar-refractivity contribution in [3.63, 3.8) is 0 Å². The SMILES string of the molecule is COC(=O)c1cnc(NCCc2ccccc2OC)cn1. The van der Waals surface area contributed by atoms with Crippen LogP contribution in [0.25, 0.3) is 0 Å². The van der Waals surface area contributed by atoms with Gasteiger partial charge < -0.3 is 14.8 Å². The second-order valence-corrected chi connectivity index (χ2v) is 4.27. The van der Waals surface area contributed by atoms with Gasteiger partial charge in [0.2, 0.25) is 0 Å². The van der Waals surface area contributed by atoms with Gasteiger partial charge in [-0.15, -0.1) is 0 Å². The quantitative estimate of drug-likeness (QED) is 0.818. The summed E-state index contributed by atoms with van der Waals surface area (Å²) in [4.78, 5) is 19.3. The number of nitrogens with zero attached hydrogens (tertiary/aromatic N) is 2. The number of hydrogen-bond donors (Lipinski definition) is 1. The third-order valence-corrected chi connectivity index (χ3v) is 2.94. The molecule has 0 saturated carbocycles. The molecule has 0 amide bonds. The van der Waals surface area contributed by atoms with Crippen molar-refractivity contribution in [3.05, 3.63) is 47.9 Å². The Morgan fingerprint density at radius 2 is 2.00 bits per heavy atom. The molecule has 0 spiro atoms. The van der Waals surface area contributed by atoms with Gasteiger partial charge in [-0.2, -0.15) is 0 Å². The van der Waals surface area contributed by atoms with Crippen LogP contribution in [0.1, 0.15) is 16.1 Å². The number of rotatable bonds is 6. The third kappa shape index (κ3) is 3.92. The Kier molecular flexibility index (Phi) is 5.09. The summed E-state index contributed by atoms with van der Waals surface area (Å²) in [6.45, 7) is 0.687. The topological polar surface area (TPSA) is 73.3 Å². The Morgan fingerprint density at radius 1 is 1.19 bits per heavy atom. The second-order valence-electron chi connectivity index (χ2n) is 4.27. The Hall–Kier alpha value is -2.63. The Morgan fingerprint density at radius 3 is 2.67 bits per heavy atom. The minimum atomic E-state index is -0.497. The van der Waals surface area contributed by atoms with Crippen LogP contribution >= 0.6 is 0 Å². The lowest BCUT2D eigenvalue weighted by Crippen LogP contribution is -2.09. The summed E-state index contributed by atoms with van der Waals surface area (Å²) in [5.74, 6) is 0.979. The fourth-order valence-electron chi connectivity index (χ4n) is 1.86. The fourth-order valence-corrected chi connectivity index (χ4v) is 1.86. The van der Waals surface area contributed by atoms with Gasteiger partial charge in [-0.25, -0.2) is 14.8 Å². The Bertz CT molecular complexity index is 599. The van der Waals surface area contributed by atoms with Crippen molar-refractivity contribution in [2.45, 2.75) is 6.42 Å². The first kappa shape index (κ1) is 14.8. The number of carbonyl (C=O) groups is 1. The molecule has 1 heterocycles. The number of aromatic nitrogens is 2. The molecule has 6 heteroatoms. The maximum absolute atomic E-state index is 11.2. The molecule has 1 aromatic heterocycles. The zero-order valence-electron chi connectivity index (χ0n) is 12.0. The maximum Gasteiger partial charge on any atom is 0.358 e. The lowest BCUT2D eigenvalue weighted by Gasteiger charge is -2.09. The van der Waals surface area contributed by atoms with Gasteiger partial charge in [0.25, 0.3) is 0 Å². The molecule has 0 aliphatic rings. The van der Waals surface area contributed by atoms with Crippen molar-refractivity contribution in [1.82, 2.24) is 9.97 Å². The molecule has 6 nitrogen and oxygen atoms in total. The predicted molar refractivity (Wildman–Crippen MR) is 78.6 cm³/mol. The molecule has 110 valence electrons. The van der Waals surface area contributed by atoms with Gasteiger partial charge in [-0.3, -0.25) is 0 Å². The number of benzene rings is 1. The summed E-state index contributed by atoms with van der Waals surface area (Å²) in [6.07, 6.45) is 3.69. The van der Waals surface area contributed by atoms with Gasteiger partial charge in [0.15, 0.2) is 5.69 Å². The number of para-hydroxylation sites is 1. The van der Waals surface area contributed by atoms with E-state index in [1.165, 1.54) is 19.5 Å². The summed E-state index contributed by atoms with van der Waals surface area (Å²) in [5.41, 5.74) is 1.31. The number of carbonyl (C=O) groups excluding carboxylic acids is 1. The molecule has 0 unspecified atom stereocenters. The molecule has 2 rings (SSSR count). The lowest BCUT2D eigenvalue weighted by molar-refractivity contribution is 0.0593. The summed E-state index contributed by atoms with van der Waals surface area (Å²) >= 11 is 0. The number of ether oxygens (including phenoxy) is 2. The van der Waals surface area contributed by atoms with Crippen molar-refractivity contribution in [2.24, 2.45) is 0 Å². The molecular weight excluding hydrogens is 270 g/mol. The maximum atomic E-state index is 11.2. The summed E-state index contributed by atoms with van der Waals surface area (Å²) < 4.78 is 9.86. The molecule has 0 saturated heterocycles. The van der Waals surface area contributed by atoms with Crippen LogP contribution in [-0.2, 0) is 11.2 Å². The number of nitrogens with one attached hydrogen (secondary N) is 1. The van der Waals surface area contributed by atoms with E-state index in [4.69, 9.17) is 4.74 Å². The summed E-state index contributed by atoms with van der Waals surface area (Å²) in [5, 5.41) is 3.15. The standard InChI is InChI=1S/C15H17N3O3/c1-20-13-6-4-3-5-11(13)7-8-16-14-10-17-12(9-18-14)15(19)21-2/h3-6,9-10H,7-8H2,1-2H3,(H,16,18). The second kappa shape index (κ2) is 7.23. The highest BCUT2D eigenvalue weighted by molar-refractivity contribution is 5.86. The van der Waals surface area contributed by atoms with E-state index in [9.17, 15) is 4.79 Å². The molecule has 0 bridgehead atoms. The average molecular weight is 287 g/mol. The van der Waals surface area contributed by atoms with Crippen molar-refractivity contribution in [3.8, 4) is 5.75 Å². The van der Waals surface area contributed by atoms with E-state index >= 15 is 0 Å². The molecule has 2 aromatic rings. The van der Waals surface area contributed by atoms with E-state index in [0.29, 0.717) is 12.4 Å². The van der Waals surface area contributed by atoms with Crippen molar-refractivity contribution >= 4 is 11.8 Å². The monoisotopic (exact) mass is 287 g/mol. The van der Waals surface area contributed by atoms with Crippen LogP contribution in [0.2, 0.25) is 0 Å². The van der Waals surface area contributed by atoms with Gasteiger partial charge >= 0.3 is 5.97 Å². The van der Waals surface area contributed by atoms with Crippen LogP contribution in [-0.4, -0.2) is 36.7 Å². The average Bonchev–Trinajstić information content (AvgIpc) is 2.55. The lowest BCUT2D eigenvalue weighted by atomic mass is 10.1. The number of hydrogen-bond acceptors (Lipinski definition) is 6. The van der Waals surface area contributed by atoms with Crippen molar-refractivity contribution in [1.29, 1.82) is 0 Å². The van der Waals surface area contributed by atoms with Gasteiger partial charge in [0, 0.05) is 6.54 Å². The first-order valence-corrected chi connectivity index (χ1v) is 6.50. The number of methoxy groups -OCH3 is 2. The molecule has 0 aliphatic heterocycles. The molecular formula is C15H17N3O3. The van der Waals surface area contributed by atoms with Crippen molar-refractivity contribution in [2.75, 3.05) is 26.1 Å². The molecule has 0 atom stereocenters. The molecule has 0 aliphatic carbocycles. The van der Waals surface area contributed by atoms with E-state index in [-0.39, 0.29) is 5.69 Å². The summed E-state index contributed by atoms with van der Waals surface area (Å²) in [6, 6.07) is 7.86. The predicted octanol–water partition coefficient (Wildman–Crippen LogP) is 1.93.